The summed E-state index contributed by atoms with van der Waals surface area (Å²) >= 11 is 0. The fourth-order valence-electron chi connectivity index (χ4n) is 2.09. The lowest BCUT2D eigenvalue weighted by Crippen LogP contribution is -2.09. The Hall–Kier alpha value is -1.35. The third-order valence-corrected chi connectivity index (χ3v) is 2.86. The van der Waals surface area contributed by atoms with E-state index in [1.54, 1.807) is 0 Å². The lowest BCUT2D eigenvalue weighted by Gasteiger charge is -2.09. The predicted octanol–water partition coefficient (Wildman–Crippen LogP) is 1.24. The molecule has 3 N–H and O–H groups in total. The number of benzene rings is 1. The van der Waals surface area contributed by atoms with Gasteiger partial charge in [-0.25, -0.2) is 0 Å². The first kappa shape index (κ1) is 9.21. The Balaban J connectivity index is 2.32. The first-order chi connectivity index (χ1) is 6.85. The summed E-state index contributed by atoms with van der Waals surface area (Å²) in [5.74, 6) is 0.471. The van der Waals surface area contributed by atoms with Gasteiger partial charge < -0.3 is 11.1 Å². The molecule has 1 aromatic carbocycles. The highest BCUT2D eigenvalue weighted by Gasteiger charge is 2.20. The minimum Gasteiger partial charge on any atom is -0.330 e. The summed E-state index contributed by atoms with van der Waals surface area (Å²) in [5.41, 5.74) is 9.22. The second-order valence-electron chi connectivity index (χ2n) is 3.65. The van der Waals surface area contributed by atoms with Crippen LogP contribution in [0.5, 0.6) is 0 Å². The molecule has 1 aromatic rings. The summed E-state index contributed by atoms with van der Waals surface area (Å²) in [6.45, 7) is 0.692. The lowest BCUT2D eigenvalue weighted by molar-refractivity contribution is -0.105. The van der Waals surface area contributed by atoms with Gasteiger partial charge in [0.05, 0.1) is 0 Å². The van der Waals surface area contributed by atoms with E-state index in [-0.39, 0.29) is 0 Å². The molecule has 74 valence electrons. The van der Waals surface area contributed by atoms with Crippen molar-refractivity contribution in [2.45, 2.75) is 18.8 Å². The van der Waals surface area contributed by atoms with Crippen LogP contribution >= 0.6 is 0 Å². The van der Waals surface area contributed by atoms with Crippen LogP contribution in [-0.2, 0) is 11.2 Å². The lowest BCUT2D eigenvalue weighted by atomic mass is 10.0. The molecule has 0 bridgehead atoms. The summed E-state index contributed by atoms with van der Waals surface area (Å²) in [6.07, 6.45) is 2.95. The predicted molar refractivity (Wildman–Crippen MR) is 56.2 cm³/mol. The summed E-state index contributed by atoms with van der Waals surface area (Å²) in [4.78, 5) is 10.3. The van der Waals surface area contributed by atoms with Gasteiger partial charge in [-0.3, -0.25) is 4.79 Å². The van der Waals surface area contributed by atoms with Gasteiger partial charge in [-0.1, -0.05) is 6.07 Å². The minimum atomic E-state index is 0.471. The number of hydrogen-bond acceptors (Lipinski definition) is 2. The van der Waals surface area contributed by atoms with Gasteiger partial charge in [0.2, 0.25) is 6.41 Å². The van der Waals surface area contributed by atoms with Crippen LogP contribution in [0.2, 0.25) is 0 Å². The number of nitrogens with one attached hydrogen (secondary N) is 1. The second-order valence-corrected chi connectivity index (χ2v) is 3.65. The fraction of sp³-hybridized carbons (Fsp3) is 0.364. The molecule has 0 saturated heterocycles. The first-order valence-electron chi connectivity index (χ1n) is 4.88. The van der Waals surface area contributed by atoms with Gasteiger partial charge in [-0.15, -0.1) is 0 Å². The molecule has 0 heterocycles. The molecule has 1 amide bonds. The van der Waals surface area contributed by atoms with Crippen LogP contribution in [0, 0.1) is 0 Å². The second kappa shape index (κ2) is 3.80. The number of amides is 1. The van der Waals surface area contributed by atoms with Gasteiger partial charge >= 0.3 is 0 Å². The van der Waals surface area contributed by atoms with E-state index in [2.05, 4.69) is 11.4 Å². The van der Waals surface area contributed by atoms with Crippen molar-refractivity contribution in [2.75, 3.05) is 11.9 Å². The van der Waals surface area contributed by atoms with Gasteiger partial charge in [-0.2, -0.15) is 0 Å². The summed E-state index contributed by atoms with van der Waals surface area (Å²) in [7, 11) is 0. The smallest absolute Gasteiger partial charge is 0.211 e. The van der Waals surface area contributed by atoms with Crippen molar-refractivity contribution in [2.24, 2.45) is 5.73 Å². The molecule has 14 heavy (non-hydrogen) atoms. The van der Waals surface area contributed by atoms with E-state index in [1.165, 1.54) is 11.1 Å². The number of carbonyl (C=O) groups excluding carboxylic acids is 1. The monoisotopic (exact) mass is 190 g/mol. The van der Waals surface area contributed by atoms with Gasteiger partial charge in [0, 0.05) is 5.69 Å². The van der Waals surface area contributed by atoms with E-state index in [4.69, 9.17) is 5.73 Å². The molecule has 0 saturated carbocycles. The van der Waals surface area contributed by atoms with E-state index < -0.39 is 0 Å². The van der Waals surface area contributed by atoms with Crippen LogP contribution in [0.1, 0.15) is 23.5 Å². The van der Waals surface area contributed by atoms with E-state index in [1.807, 2.05) is 12.1 Å². The molecule has 0 radical (unpaired) electrons. The maximum Gasteiger partial charge on any atom is 0.211 e. The van der Waals surface area contributed by atoms with Gasteiger partial charge in [0.1, 0.15) is 0 Å². The number of fused-ring (bicyclic) bond motifs is 1. The van der Waals surface area contributed by atoms with Gasteiger partial charge in [0.15, 0.2) is 0 Å². The van der Waals surface area contributed by atoms with Gasteiger partial charge in [-0.05, 0) is 48.6 Å². The maximum atomic E-state index is 10.3. The number of aryl methyl sites for hydroxylation is 1. The van der Waals surface area contributed by atoms with Crippen molar-refractivity contribution in [3.63, 3.8) is 0 Å². The Kier molecular flexibility index (Phi) is 2.50. The Bertz CT molecular complexity index is 349. The van der Waals surface area contributed by atoms with Crippen molar-refractivity contribution in [3.8, 4) is 0 Å². The average molecular weight is 190 g/mol. The Morgan fingerprint density at radius 1 is 1.57 bits per heavy atom. The van der Waals surface area contributed by atoms with Gasteiger partial charge in [0.25, 0.3) is 0 Å². The van der Waals surface area contributed by atoms with E-state index in [9.17, 15) is 4.79 Å². The topological polar surface area (TPSA) is 55.1 Å². The third kappa shape index (κ3) is 1.51. The zero-order valence-electron chi connectivity index (χ0n) is 7.99. The summed E-state index contributed by atoms with van der Waals surface area (Å²) < 4.78 is 0. The Labute approximate surface area is 83.3 Å². The maximum absolute atomic E-state index is 10.3. The Morgan fingerprint density at radius 3 is 3.14 bits per heavy atom. The molecule has 0 fully saturated rings. The number of carbonyl (C=O) groups is 1. The molecule has 3 nitrogen and oxygen atoms in total. The molecule has 1 aliphatic carbocycles. The van der Waals surface area contributed by atoms with Crippen LogP contribution in [0.3, 0.4) is 0 Å². The van der Waals surface area contributed by atoms with Crippen molar-refractivity contribution in [3.05, 3.63) is 29.3 Å². The van der Waals surface area contributed by atoms with Crippen molar-refractivity contribution >= 4 is 12.1 Å². The quantitative estimate of drug-likeness (QED) is 0.705. The standard InChI is InChI=1S/C11H14N2O/c12-6-9-2-1-8-3-4-10(13-7-14)5-11(8)9/h3-5,7,9H,1-2,6,12H2,(H,13,14). The minimum absolute atomic E-state index is 0.471. The van der Waals surface area contributed by atoms with Crippen molar-refractivity contribution < 1.29 is 4.79 Å². The van der Waals surface area contributed by atoms with Crippen LogP contribution in [0.25, 0.3) is 0 Å². The molecule has 1 aliphatic rings. The number of anilines is 1. The normalized spacial score (nSPS) is 19.1. The van der Waals surface area contributed by atoms with Crippen LogP contribution in [0.15, 0.2) is 18.2 Å². The van der Waals surface area contributed by atoms with Crippen LogP contribution in [0.4, 0.5) is 5.69 Å². The number of rotatable bonds is 3. The number of hydrogen-bond donors (Lipinski definition) is 2. The molecule has 1 unspecified atom stereocenters. The van der Waals surface area contributed by atoms with E-state index >= 15 is 0 Å². The zero-order valence-corrected chi connectivity index (χ0v) is 7.99. The molecule has 3 heteroatoms. The fourth-order valence-corrected chi connectivity index (χ4v) is 2.09. The van der Waals surface area contributed by atoms with E-state index in [0.717, 1.165) is 18.5 Å². The largest absolute Gasteiger partial charge is 0.330 e. The van der Waals surface area contributed by atoms with Crippen molar-refractivity contribution in [1.82, 2.24) is 0 Å². The molecule has 0 spiro atoms. The zero-order chi connectivity index (χ0) is 9.97. The molecule has 1 atom stereocenters. The molecule has 0 aromatic heterocycles. The molecular weight excluding hydrogens is 176 g/mol. The number of nitrogens with two attached hydrogens (primary N) is 1. The van der Waals surface area contributed by atoms with E-state index in [0.29, 0.717) is 18.9 Å². The van der Waals surface area contributed by atoms with Crippen LogP contribution in [-0.4, -0.2) is 13.0 Å². The third-order valence-electron chi connectivity index (χ3n) is 2.86. The highest BCUT2D eigenvalue weighted by Crippen LogP contribution is 2.33. The summed E-state index contributed by atoms with van der Waals surface area (Å²) in [5, 5.41) is 2.66. The molecule has 2 rings (SSSR count). The molecular formula is C11H14N2O. The van der Waals surface area contributed by atoms with Crippen molar-refractivity contribution in [1.29, 1.82) is 0 Å². The molecule has 0 aliphatic heterocycles. The Morgan fingerprint density at radius 2 is 2.43 bits per heavy atom. The average Bonchev–Trinajstić information content (AvgIpc) is 2.60. The highest BCUT2D eigenvalue weighted by atomic mass is 16.1. The first-order valence-corrected chi connectivity index (χ1v) is 4.88. The SMILES string of the molecule is NCC1CCc2ccc(NC=O)cc21. The summed E-state index contributed by atoms with van der Waals surface area (Å²) in [6, 6.07) is 6.05. The highest BCUT2D eigenvalue weighted by molar-refractivity contribution is 5.72. The van der Waals surface area contributed by atoms with Crippen LogP contribution < -0.4 is 11.1 Å².